The molecular weight excluding hydrogens is 443 g/mol. The Morgan fingerprint density at radius 2 is 2.00 bits per heavy atom. The first-order valence-corrected chi connectivity index (χ1v) is 8.81. The largest absolute Gasteiger partial charge is 0.507 e. The van der Waals surface area contributed by atoms with Gasteiger partial charge in [0.1, 0.15) is 11.4 Å². The summed E-state index contributed by atoms with van der Waals surface area (Å²) in [5.74, 6) is -0.427. The lowest BCUT2D eigenvalue weighted by atomic mass is 10.1. The monoisotopic (exact) mass is 452 g/mol. The highest BCUT2D eigenvalue weighted by Crippen LogP contribution is 2.27. The molecule has 2 aromatic carbocycles. The maximum atomic E-state index is 12.1. The molecule has 132 valence electrons. The van der Waals surface area contributed by atoms with Crippen molar-refractivity contribution in [1.82, 2.24) is 15.6 Å². The molecule has 1 aromatic heterocycles. The van der Waals surface area contributed by atoms with Crippen molar-refractivity contribution in [3.05, 3.63) is 68.2 Å². The van der Waals surface area contributed by atoms with Gasteiger partial charge in [0.15, 0.2) is 0 Å². The third-order valence-corrected chi connectivity index (χ3v) is 4.63. The fourth-order valence-electron chi connectivity index (χ4n) is 2.09. The van der Waals surface area contributed by atoms with Gasteiger partial charge in [-0.3, -0.25) is 9.89 Å². The fourth-order valence-corrected chi connectivity index (χ4v) is 2.77. The van der Waals surface area contributed by atoms with Crippen LogP contribution >= 0.6 is 39.1 Å². The highest BCUT2D eigenvalue weighted by molar-refractivity contribution is 9.10. The fraction of sp³-hybridized carbons (Fsp3) is 0. The Labute approximate surface area is 167 Å². The summed E-state index contributed by atoms with van der Waals surface area (Å²) in [6.45, 7) is 0. The topological polar surface area (TPSA) is 90.4 Å². The Balaban J connectivity index is 1.71. The summed E-state index contributed by atoms with van der Waals surface area (Å²) in [5, 5.41) is 21.1. The van der Waals surface area contributed by atoms with E-state index >= 15 is 0 Å². The zero-order valence-electron chi connectivity index (χ0n) is 13.0. The van der Waals surface area contributed by atoms with Crippen LogP contribution in [-0.4, -0.2) is 27.4 Å². The van der Waals surface area contributed by atoms with E-state index in [1.165, 1.54) is 12.3 Å². The molecule has 3 rings (SSSR count). The van der Waals surface area contributed by atoms with Crippen LogP contribution in [0.25, 0.3) is 11.3 Å². The summed E-state index contributed by atoms with van der Waals surface area (Å²) in [6.07, 6.45) is 1.34. The van der Waals surface area contributed by atoms with Crippen LogP contribution in [0.1, 0.15) is 16.1 Å². The van der Waals surface area contributed by atoms with Gasteiger partial charge in [-0.25, -0.2) is 5.43 Å². The molecule has 9 heteroatoms. The lowest BCUT2D eigenvalue weighted by Gasteiger charge is -2.00. The van der Waals surface area contributed by atoms with Crippen molar-refractivity contribution in [3.8, 4) is 17.0 Å². The molecule has 1 heterocycles. The van der Waals surface area contributed by atoms with E-state index in [1.54, 1.807) is 36.4 Å². The number of amides is 1. The van der Waals surface area contributed by atoms with Crippen LogP contribution in [0, 0.1) is 0 Å². The summed E-state index contributed by atoms with van der Waals surface area (Å²) in [4.78, 5) is 12.1. The predicted molar refractivity (Wildman–Crippen MR) is 105 cm³/mol. The standard InChI is InChI=1S/C17H11BrCl2N4O2/c18-11-2-4-16(25)10(5-11)8-21-24-17(26)15-7-14(22-23-15)9-1-3-12(19)13(20)6-9/h1-8,25H,(H,22,23)(H,24,26)/b21-8-. The Hall–Kier alpha value is -2.35. The number of aromatic nitrogens is 2. The number of phenolic OH excluding ortho intramolecular Hbond substituents is 1. The second-order valence-corrected chi connectivity index (χ2v) is 6.93. The van der Waals surface area contributed by atoms with Gasteiger partial charge in [0.25, 0.3) is 5.91 Å². The van der Waals surface area contributed by atoms with Crippen LogP contribution < -0.4 is 5.43 Å². The van der Waals surface area contributed by atoms with Crippen LogP contribution in [0.3, 0.4) is 0 Å². The second-order valence-electron chi connectivity index (χ2n) is 5.20. The highest BCUT2D eigenvalue weighted by Gasteiger charge is 2.11. The third-order valence-electron chi connectivity index (χ3n) is 3.40. The number of nitrogens with one attached hydrogen (secondary N) is 2. The number of carbonyl (C=O) groups excluding carboxylic acids is 1. The smallest absolute Gasteiger partial charge is 0.289 e. The lowest BCUT2D eigenvalue weighted by Crippen LogP contribution is -2.18. The van der Waals surface area contributed by atoms with E-state index in [-0.39, 0.29) is 11.4 Å². The first-order valence-electron chi connectivity index (χ1n) is 7.27. The number of carbonyl (C=O) groups is 1. The van der Waals surface area contributed by atoms with E-state index in [0.29, 0.717) is 21.3 Å². The van der Waals surface area contributed by atoms with Crippen LogP contribution in [0.2, 0.25) is 10.0 Å². The molecule has 0 bridgehead atoms. The molecule has 0 saturated heterocycles. The lowest BCUT2D eigenvalue weighted by molar-refractivity contribution is 0.0950. The van der Waals surface area contributed by atoms with Gasteiger partial charge in [-0.2, -0.15) is 10.2 Å². The second kappa shape index (κ2) is 7.90. The van der Waals surface area contributed by atoms with Crippen molar-refractivity contribution in [2.75, 3.05) is 0 Å². The maximum Gasteiger partial charge on any atom is 0.289 e. The Kier molecular flexibility index (Phi) is 5.61. The number of halogens is 3. The van der Waals surface area contributed by atoms with E-state index in [0.717, 1.165) is 10.0 Å². The number of rotatable bonds is 4. The number of benzene rings is 2. The van der Waals surface area contributed by atoms with Crippen molar-refractivity contribution in [2.45, 2.75) is 0 Å². The van der Waals surface area contributed by atoms with Gasteiger partial charge >= 0.3 is 0 Å². The number of H-pyrrole nitrogens is 1. The minimum atomic E-state index is -0.477. The minimum absolute atomic E-state index is 0.0506. The van der Waals surface area contributed by atoms with Gasteiger partial charge in [-0.05, 0) is 36.4 Å². The molecule has 3 aromatic rings. The Morgan fingerprint density at radius 1 is 1.19 bits per heavy atom. The van der Waals surface area contributed by atoms with E-state index < -0.39 is 5.91 Å². The Morgan fingerprint density at radius 3 is 2.77 bits per heavy atom. The molecular formula is C17H11BrCl2N4O2. The predicted octanol–water partition coefficient (Wildman–Crippen LogP) is 4.62. The Bertz CT molecular complexity index is 1000. The van der Waals surface area contributed by atoms with E-state index in [2.05, 4.69) is 36.7 Å². The molecule has 6 nitrogen and oxygen atoms in total. The van der Waals surface area contributed by atoms with Gasteiger partial charge in [0.2, 0.25) is 0 Å². The van der Waals surface area contributed by atoms with Crippen molar-refractivity contribution in [2.24, 2.45) is 5.10 Å². The number of aromatic amines is 1. The molecule has 3 N–H and O–H groups in total. The molecule has 0 radical (unpaired) electrons. The van der Waals surface area contributed by atoms with Gasteiger partial charge in [-0.15, -0.1) is 0 Å². The van der Waals surface area contributed by atoms with Gasteiger partial charge in [0.05, 0.1) is 22.0 Å². The number of hydrogen-bond donors (Lipinski definition) is 3. The number of nitrogens with zero attached hydrogens (tertiary/aromatic N) is 2. The molecule has 0 spiro atoms. The molecule has 26 heavy (non-hydrogen) atoms. The summed E-state index contributed by atoms with van der Waals surface area (Å²) < 4.78 is 0.780. The summed E-state index contributed by atoms with van der Waals surface area (Å²) >= 11 is 15.2. The summed E-state index contributed by atoms with van der Waals surface area (Å²) in [5.41, 5.74) is 4.31. The summed E-state index contributed by atoms with van der Waals surface area (Å²) in [6, 6.07) is 11.5. The minimum Gasteiger partial charge on any atom is -0.507 e. The average molecular weight is 454 g/mol. The van der Waals surface area contributed by atoms with Crippen molar-refractivity contribution in [1.29, 1.82) is 0 Å². The molecule has 0 fully saturated rings. The summed E-state index contributed by atoms with van der Waals surface area (Å²) in [7, 11) is 0. The average Bonchev–Trinajstić information content (AvgIpc) is 3.10. The van der Waals surface area contributed by atoms with Crippen molar-refractivity contribution in [3.63, 3.8) is 0 Å². The molecule has 0 atom stereocenters. The van der Waals surface area contributed by atoms with Gasteiger partial charge < -0.3 is 5.11 Å². The molecule has 0 unspecified atom stereocenters. The first kappa shape index (κ1) is 18.4. The zero-order chi connectivity index (χ0) is 18.7. The molecule has 0 aliphatic heterocycles. The molecule has 1 amide bonds. The van der Waals surface area contributed by atoms with E-state index in [4.69, 9.17) is 23.2 Å². The first-order chi connectivity index (χ1) is 12.4. The number of hydrazone groups is 1. The normalized spacial score (nSPS) is 11.0. The van der Waals surface area contributed by atoms with E-state index in [9.17, 15) is 9.90 Å². The van der Waals surface area contributed by atoms with Crippen LogP contribution in [0.4, 0.5) is 0 Å². The molecule has 0 aliphatic rings. The van der Waals surface area contributed by atoms with Crippen molar-refractivity contribution >= 4 is 51.3 Å². The maximum absolute atomic E-state index is 12.1. The van der Waals surface area contributed by atoms with Crippen LogP contribution in [0.5, 0.6) is 5.75 Å². The quantitative estimate of drug-likeness (QED) is 0.397. The van der Waals surface area contributed by atoms with Gasteiger partial charge in [-0.1, -0.05) is 45.2 Å². The van der Waals surface area contributed by atoms with Crippen LogP contribution in [0.15, 0.2) is 52.0 Å². The molecule has 0 aliphatic carbocycles. The number of phenols is 1. The number of hydrogen-bond acceptors (Lipinski definition) is 4. The SMILES string of the molecule is O=C(N/N=C\c1cc(Br)ccc1O)c1cc(-c2ccc(Cl)c(Cl)c2)n[nH]1. The van der Waals surface area contributed by atoms with E-state index in [1.807, 2.05) is 0 Å². The van der Waals surface area contributed by atoms with Gasteiger partial charge in [0, 0.05) is 15.6 Å². The third kappa shape index (κ3) is 4.24. The highest BCUT2D eigenvalue weighted by atomic mass is 79.9. The zero-order valence-corrected chi connectivity index (χ0v) is 16.1. The van der Waals surface area contributed by atoms with Crippen LogP contribution in [-0.2, 0) is 0 Å². The molecule has 0 saturated carbocycles. The number of aromatic hydroxyl groups is 1. The van der Waals surface area contributed by atoms with Crippen molar-refractivity contribution < 1.29 is 9.90 Å².